The predicted octanol–water partition coefficient (Wildman–Crippen LogP) is 2.71. The molecular weight excluding hydrogens is 425 g/mol. The van der Waals surface area contributed by atoms with E-state index in [-0.39, 0.29) is 22.3 Å². The predicted molar refractivity (Wildman–Crippen MR) is 112 cm³/mol. The molecule has 5 rings (SSSR count). The topological polar surface area (TPSA) is 142 Å². The highest BCUT2D eigenvalue weighted by Crippen LogP contribution is 2.31. The Morgan fingerprint density at radius 3 is 2.71 bits per heavy atom. The zero-order valence-electron chi connectivity index (χ0n) is 15.7. The Labute approximate surface area is 174 Å². The summed E-state index contributed by atoms with van der Waals surface area (Å²) in [5, 5.41) is 16.0. The molecule has 0 fully saturated rings. The smallest absolute Gasteiger partial charge is 0.239 e. The molecule has 0 spiro atoms. The molecule has 0 saturated heterocycles. The van der Waals surface area contributed by atoms with Gasteiger partial charge in [0.15, 0.2) is 21.5 Å². The maximum atomic E-state index is 14.3. The van der Waals surface area contributed by atoms with Crippen molar-refractivity contribution in [1.82, 2.24) is 20.2 Å². The molecule has 3 heterocycles. The highest BCUT2D eigenvalue weighted by molar-refractivity contribution is 7.92. The summed E-state index contributed by atoms with van der Waals surface area (Å²) in [7, 11) is -3.70. The molecule has 1 amide bonds. The SMILES string of the molecule is O=C1CS(=O)(=O)c2ccc(Nc3nc(Nc4ccc5[nH]ncc5c4)ncc3F)cc2N1. The van der Waals surface area contributed by atoms with Crippen molar-refractivity contribution in [3.05, 3.63) is 54.6 Å². The van der Waals surface area contributed by atoms with Crippen molar-refractivity contribution in [3.63, 3.8) is 0 Å². The molecule has 1 aliphatic rings. The minimum atomic E-state index is -3.70. The standard InChI is InChI=1S/C19H14FN7O3S/c20-13-8-21-19(24-11-1-3-14-10(5-11)7-22-27-14)26-18(13)23-12-2-4-16-15(6-12)25-17(28)9-31(16,29)30/h1-8H,9H2,(H,22,27)(H,25,28)(H2,21,23,24,26). The van der Waals surface area contributed by atoms with Crippen LogP contribution < -0.4 is 16.0 Å². The number of nitrogens with one attached hydrogen (secondary N) is 4. The Morgan fingerprint density at radius 1 is 1.03 bits per heavy atom. The van der Waals surface area contributed by atoms with E-state index in [4.69, 9.17) is 0 Å². The molecule has 0 saturated carbocycles. The van der Waals surface area contributed by atoms with Crippen molar-refractivity contribution in [2.75, 3.05) is 21.7 Å². The highest BCUT2D eigenvalue weighted by Gasteiger charge is 2.28. The zero-order chi connectivity index (χ0) is 21.6. The van der Waals surface area contributed by atoms with Crippen LogP contribution in [-0.4, -0.2) is 40.2 Å². The zero-order valence-corrected chi connectivity index (χ0v) is 16.5. The fourth-order valence-corrected chi connectivity index (χ4v) is 4.51. The van der Waals surface area contributed by atoms with Crippen molar-refractivity contribution in [1.29, 1.82) is 0 Å². The van der Waals surface area contributed by atoms with Gasteiger partial charge in [0.25, 0.3) is 0 Å². The van der Waals surface area contributed by atoms with Crippen LogP contribution in [-0.2, 0) is 14.6 Å². The molecule has 31 heavy (non-hydrogen) atoms. The summed E-state index contributed by atoms with van der Waals surface area (Å²) >= 11 is 0. The van der Waals surface area contributed by atoms with E-state index in [1.54, 1.807) is 12.3 Å². The molecule has 12 heteroatoms. The van der Waals surface area contributed by atoms with Gasteiger partial charge in [-0.3, -0.25) is 9.89 Å². The van der Waals surface area contributed by atoms with Crippen LogP contribution in [0.25, 0.3) is 10.9 Å². The fourth-order valence-electron chi connectivity index (χ4n) is 3.21. The van der Waals surface area contributed by atoms with Crippen LogP contribution >= 0.6 is 0 Å². The molecule has 4 N–H and O–H groups in total. The average molecular weight is 439 g/mol. The first-order valence-corrected chi connectivity index (χ1v) is 10.7. The molecule has 1 aliphatic heterocycles. The van der Waals surface area contributed by atoms with Gasteiger partial charge in [0.1, 0.15) is 5.75 Å². The van der Waals surface area contributed by atoms with Crippen LogP contribution in [0.2, 0.25) is 0 Å². The summed E-state index contributed by atoms with van der Waals surface area (Å²) in [5.41, 5.74) is 2.03. The number of aromatic amines is 1. The van der Waals surface area contributed by atoms with Crippen molar-refractivity contribution < 1.29 is 17.6 Å². The minimum absolute atomic E-state index is 0.0119. The van der Waals surface area contributed by atoms with Gasteiger partial charge in [-0.25, -0.2) is 17.8 Å². The Morgan fingerprint density at radius 2 is 1.84 bits per heavy atom. The van der Waals surface area contributed by atoms with Gasteiger partial charge in [-0.1, -0.05) is 0 Å². The minimum Gasteiger partial charge on any atom is -0.338 e. The molecule has 0 aliphatic carbocycles. The van der Waals surface area contributed by atoms with E-state index in [0.29, 0.717) is 11.4 Å². The van der Waals surface area contributed by atoms with Crippen LogP contribution in [0.5, 0.6) is 0 Å². The van der Waals surface area contributed by atoms with Crippen LogP contribution in [0, 0.1) is 5.82 Å². The number of fused-ring (bicyclic) bond motifs is 2. The van der Waals surface area contributed by atoms with E-state index in [1.165, 1.54) is 18.2 Å². The van der Waals surface area contributed by atoms with Crippen molar-refractivity contribution in [3.8, 4) is 0 Å². The fraction of sp³-hybridized carbons (Fsp3) is 0.0526. The second-order valence-corrected chi connectivity index (χ2v) is 8.79. The third-order valence-electron chi connectivity index (χ3n) is 4.61. The lowest BCUT2D eigenvalue weighted by atomic mass is 10.2. The monoisotopic (exact) mass is 439 g/mol. The number of halogens is 1. The third-order valence-corrected chi connectivity index (χ3v) is 6.28. The maximum Gasteiger partial charge on any atom is 0.239 e. The summed E-state index contributed by atoms with van der Waals surface area (Å²) in [6.07, 6.45) is 2.69. The summed E-state index contributed by atoms with van der Waals surface area (Å²) in [6, 6.07) is 9.70. The number of nitrogens with zero attached hydrogens (tertiary/aromatic N) is 3. The number of hydrogen-bond donors (Lipinski definition) is 4. The van der Waals surface area contributed by atoms with Crippen molar-refractivity contribution >= 4 is 55.5 Å². The second kappa shape index (κ2) is 7.02. The van der Waals surface area contributed by atoms with Crippen LogP contribution in [0.1, 0.15) is 0 Å². The average Bonchev–Trinajstić information content (AvgIpc) is 3.17. The van der Waals surface area contributed by atoms with E-state index in [0.717, 1.165) is 17.1 Å². The van der Waals surface area contributed by atoms with Gasteiger partial charge in [0, 0.05) is 16.8 Å². The summed E-state index contributed by atoms with van der Waals surface area (Å²) in [6.45, 7) is 0. The first-order valence-electron chi connectivity index (χ1n) is 9.04. The van der Waals surface area contributed by atoms with E-state index >= 15 is 0 Å². The summed E-state index contributed by atoms with van der Waals surface area (Å²) in [5.74, 6) is -1.90. The van der Waals surface area contributed by atoms with Gasteiger partial charge in [0.05, 0.1) is 28.5 Å². The number of anilines is 5. The normalized spacial score (nSPS) is 14.7. The van der Waals surface area contributed by atoms with E-state index in [9.17, 15) is 17.6 Å². The molecule has 0 unspecified atom stereocenters. The van der Waals surface area contributed by atoms with E-state index < -0.39 is 27.3 Å². The van der Waals surface area contributed by atoms with Gasteiger partial charge in [-0.2, -0.15) is 10.1 Å². The Kier molecular flexibility index (Phi) is 4.29. The van der Waals surface area contributed by atoms with Crippen LogP contribution in [0.3, 0.4) is 0 Å². The summed E-state index contributed by atoms with van der Waals surface area (Å²) < 4.78 is 38.5. The molecule has 0 atom stereocenters. The van der Waals surface area contributed by atoms with Crippen LogP contribution in [0.15, 0.2) is 53.7 Å². The molecule has 156 valence electrons. The molecular formula is C19H14FN7O3S. The largest absolute Gasteiger partial charge is 0.338 e. The van der Waals surface area contributed by atoms with Gasteiger partial charge in [-0.15, -0.1) is 0 Å². The van der Waals surface area contributed by atoms with E-state index in [1.807, 2.05) is 12.1 Å². The first kappa shape index (κ1) is 18.9. The lowest BCUT2D eigenvalue weighted by Gasteiger charge is -2.18. The quantitative estimate of drug-likeness (QED) is 0.380. The molecule has 0 bridgehead atoms. The lowest BCUT2D eigenvalue weighted by molar-refractivity contribution is -0.114. The number of benzene rings is 2. The molecule has 10 nitrogen and oxygen atoms in total. The Bertz CT molecular complexity index is 1450. The number of hydrogen-bond acceptors (Lipinski definition) is 8. The van der Waals surface area contributed by atoms with Crippen LogP contribution in [0.4, 0.5) is 33.2 Å². The Hall–Kier alpha value is -4.06. The van der Waals surface area contributed by atoms with E-state index in [2.05, 4.69) is 36.1 Å². The second-order valence-electron chi connectivity index (χ2n) is 6.83. The summed E-state index contributed by atoms with van der Waals surface area (Å²) in [4.78, 5) is 19.7. The van der Waals surface area contributed by atoms with Gasteiger partial charge in [0.2, 0.25) is 11.9 Å². The number of carbonyl (C=O) groups is 1. The van der Waals surface area contributed by atoms with Gasteiger partial charge in [-0.05, 0) is 36.4 Å². The molecule has 0 radical (unpaired) electrons. The van der Waals surface area contributed by atoms with Gasteiger partial charge >= 0.3 is 0 Å². The molecule has 2 aromatic heterocycles. The van der Waals surface area contributed by atoms with Crippen molar-refractivity contribution in [2.24, 2.45) is 0 Å². The number of amides is 1. The first-order chi connectivity index (χ1) is 14.9. The van der Waals surface area contributed by atoms with Gasteiger partial charge < -0.3 is 16.0 Å². The number of rotatable bonds is 4. The number of carbonyl (C=O) groups excluding carboxylic acids is 1. The lowest BCUT2D eigenvalue weighted by Crippen LogP contribution is -2.29. The number of H-pyrrole nitrogens is 1. The number of sulfone groups is 1. The van der Waals surface area contributed by atoms with Crippen molar-refractivity contribution in [2.45, 2.75) is 4.90 Å². The third kappa shape index (κ3) is 3.64. The number of aromatic nitrogens is 4. The maximum absolute atomic E-state index is 14.3. The Balaban J connectivity index is 1.42. The molecule has 4 aromatic rings. The molecule has 2 aromatic carbocycles. The highest BCUT2D eigenvalue weighted by atomic mass is 32.2.